The number of guanidine groups is 1. The molecule has 3 aliphatic heterocycles. The van der Waals surface area contributed by atoms with E-state index in [0.717, 1.165) is 37.7 Å². The van der Waals surface area contributed by atoms with E-state index < -0.39 is 67.4 Å². The predicted molar refractivity (Wildman–Crippen MR) is 168 cm³/mol. The van der Waals surface area contributed by atoms with Gasteiger partial charge in [-0.1, -0.05) is 30.2 Å². The second kappa shape index (κ2) is 17.2. The molecule has 16 heteroatoms. The van der Waals surface area contributed by atoms with Gasteiger partial charge in [0.1, 0.15) is 49.3 Å². The van der Waals surface area contributed by atoms with E-state index in [0.29, 0.717) is 10.5 Å². The zero-order chi connectivity index (χ0) is 35.0. The van der Waals surface area contributed by atoms with Crippen molar-refractivity contribution in [2.75, 3.05) is 40.5 Å². The Morgan fingerprint density at radius 1 is 1.12 bits per heavy atom. The van der Waals surface area contributed by atoms with Crippen LogP contribution >= 0.6 is 0 Å². The number of carboxylic acid groups (broad SMARTS) is 1. The highest BCUT2D eigenvalue weighted by atomic mass is 16.8. The zero-order valence-corrected chi connectivity index (χ0v) is 27.0. The normalized spacial score (nSPS) is 33.1. The number of hydrogen-bond acceptors (Lipinski definition) is 12. The smallest absolute Gasteiger partial charge is 0.343 e. The van der Waals surface area contributed by atoms with Crippen molar-refractivity contribution in [1.82, 2.24) is 5.32 Å². The summed E-state index contributed by atoms with van der Waals surface area (Å²) in [6.45, 7) is -0.363. The van der Waals surface area contributed by atoms with E-state index in [1.54, 1.807) is 12.2 Å². The van der Waals surface area contributed by atoms with Crippen molar-refractivity contribution in [2.45, 2.75) is 69.1 Å². The molecule has 0 bridgehead atoms. The first-order valence-electron chi connectivity index (χ1n) is 15.9. The van der Waals surface area contributed by atoms with Crippen molar-refractivity contribution in [2.24, 2.45) is 22.6 Å². The Bertz CT molecular complexity index is 1350. The SMILES string of the molecule is CN=C(N)NC1=C(C=CC2C(C(=O)OC)=COC(OC3OC(CO)C(O)C(O)C3O)C2C=C2CCCCC2)C[NH+](CCO)C=C1C(=O)O. The van der Waals surface area contributed by atoms with Gasteiger partial charge in [-0.25, -0.2) is 9.59 Å². The summed E-state index contributed by atoms with van der Waals surface area (Å²) in [5, 5.41) is 63.6. The maximum atomic E-state index is 13.1. The van der Waals surface area contributed by atoms with E-state index in [2.05, 4.69) is 10.3 Å². The minimum atomic E-state index is -1.69. The number of rotatable bonds is 11. The summed E-state index contributed by atoms with van der Waals surface area (Å²) in [6.07, 6.45) is 3.74. The van der Waals surface area contributed by atoms with E-state index in [1.165, 1.54) is 26.6 Å². The summed E-state index contributed by atoms with van der Waals surface area (Å²) in [5.41, 5.74) is 7.78. The average Bonchev–Trinajstić information content (AvgIpc) is 3.09. The van der Waals surface area contributed by atoms with Crippen molar-refractivity contribution in [1.29, 1.82) is 0 Å². The zero-order valence-electron chi connectivity index (χ0n) is 27.0. The van der Waals surface area contributed by atoms with Gasteiger partial charge in [0.15, 0.2) is 12.2 Å². The molecule has 1 saturated heterocycles. The van der Waals surface area contributed by atoms with Crippen LogP contribution in [0.2, 0.25) is 0 Å². The van der Waals surface area contributed by atoms with Crippen LogP contribution < -0.4 is 16.0 Å². The predicted octanol–water partition coefficient (Wildman–Crippen LogP) is -2.46. The third-order valence-corrected chi connectivity index (χ3v) is 8.90. The number of quaternary nitrogens is 1. The fraction of sp³-hybridized carbons (Fsp3) is 0.594. The van der Waals surface area contributed by atoms with Crippen molar-refractivity contribution < 1.29 is 64.1 Å². The summed E-state index contributed by atoms with van der Waals surface area (Å²) < 4.78 is 22.7. The lowest BCUT2D eigenvalue weighted by atomic mass is 9.80. The Balaban J connectivity index is 1.80. The van der Waals surface area contributed by atoms with Gasteiger partial charge in [0.2, 0.25) is 6.29 Å². The number of nitrogens with zero attached hydrogens (tertiary/aromatic N) is 1. The number of hydrogen-bond donors (Lipinski definition) is 9. The van der Waals surface area contributed by atoms with Gasteiger partial charge in [-0.15, -0.1) is 0 Å². The van der Waals surface area contributed by atoms with Gasteiger partial charge in [-0.2, -0.15) is 0 Å². The maximum Gasteiger partial charge on any atom is 0.343 e. The molecule has 0 aromatic carbocycles. The molecular weight excluding hydrogens is 632 g/mol. The monoisotopic (exact) mass is 679 g/mol. The van der Waals surface area contributed by atoms with Gasteiger partial charge in [0, 0.05) is 18.5 Å². The third kappa shape index (κ3) is 8.69. The second-order valence-corrected chi connectivity index (χ2v) is 12.1. The van der Waals surface area contributed by atoms with Crippen LogP contribution in [0.3, 0.4) is 0 Å². The number of aliphatic imine (C=N–C) groups is 1. The first kappa shape index (κ1) is 37.2. The molecule has 0 aromatic heterocycles. The van der Waals surface area contributed by atoms with Crippen LogP contribution in [0.5, 0.6) is 0 Å². The number of methoxy groups -OCH3 is 1. The number of aliphatic hydroxyl groups is 5. The molecule has 3 heterocycles. The molecule has 9 atom stereocenters. The number of nitrogens with two attached hydrogens (primary N) is 1. The highest BCUT2D eigenvalue weighted by molar-refractivity contribution is 5.94. The van der Waals surface area contributed by atoms with Crippen molar-refractivity contribution in [3.63, 3.8) is 0 Å². The first-order valence-corrected chi connectivity index (χ1v) is 15.9. The Labute approximate surface area is 278 Å². The number of allylic oxidation sites excluding steroid dienone is 2. The molecular formula is C32H47N4O12+. The van der Waals surface area contributed by atoms with Gasteiger partial charge >= 0.3 is 11.9 Å². The van der Waals surface area contributed by atoms with Crippen LogP contribution in [0.25, 0.3) is 0 Å². The number of aliphatic hydroxyl groups excluding tert-OH is 5. The molecule has 0 spiro atoms. The standard InChI is InChI=1S/C32H46N4O12/c1-34-32(33)35-24-18(13-36(10-11-37)14-21(24)28(42)43)8-9-19-20(12-17-6-4-3-5-7-17)30(46-16-22(19)29(44)45-2)48-31-27(41)26(40)25(39)23(15-38)47-31/h8-9,12,14,16,19-20,23,25-27,30-31,37-41H,3-7,10-11,13,15H2,1-2H3,(H,42,43)(H3,33,34,35)/p+1. The molecule has 2 fully saturated rings. The van der Waals surface area contributed by atoms with E-state index in [1.807, 2.05) is 6.08 Å². The minimum absolute atomic E-state index is 0.0252. The van der Waals surface area contributed by atoms with E-state index in [4.69, 9.17) is 24.7 Å². The number of carboxylic acids is 1. The quantitative estimate of drug-likeness (QED) is 0.0476. The Morgan fingerprint density at radius 3 is 2.48 bits per heavy atom. The summed E-state index contributed by atoms with van der Waals surface area (Å²) in [6, 6.07) is 0. The number of nitrogens with one attached hydrogen (secondary N) is 2. The van der Waals surface area contributed by atoms with Crippen LogP contribution in [0.4, 0.5) is 0 Å². The lowest BCUT2D eigenvalue weighted by molar-refractivity contribution is -0.843. The van der Waals surface area contributed by atoms with Crippen molar-refractivity contribution in [3.8, 4) is 0 Å². The van der Waals surface area contributed by atoms with Gasteiger partial charge in [-0.3, -0.25) is 4.99 Å². The van der Waals surface area contributed by atoms with E-state index in [-0.39, 0.29) is 42.5 Å². The van der Waals surface area contributed by atoms with Crippen molar-refractivity contribution in [3.05, 3.63) is 58.7 Å². The minimum Gasteiger partial charge on any atom is -0.477 e. The van der Waals surface area contributed by atoms with Crippen LogP contribution in [0, 0.1) is 11.8 Å². The molecule has 1 aliphatic carbocycles. The van der Waals surface area contributed by atoms with Gasteiger partial charge in [-0.05, 0) is 25.7 Å². The fourth-order valence-electron chi connectivity index (χ4n) is 6.28. The molecule has 16 nitrogen and oxygen atoms in total. The van der Waals surface area contributed by atoms with E-state index >= 15 is 0 Å². The molecule has 48 heavy (non-hydrogen) atoms. The third-order valence-electron chi connectivity index (χ3n) is 8.90. The number of carbonyl (C=O) groups is 2. The van der Waals surface area contributed by atoms with Gasteiger partial charge in [0.05, 0.1) is 43.8 Å². The molecule has 1 saturated carbocycles. The summed E-state index contributed by atoms with van der Waals surface area (Å²) in [7, 11) is 2.68. The molecule has 266 valence electrons. The highest BCUT2D eigenvalue weighted by Gasteiger charge is 2.47. The van der Waals surface area contributed by atoms with Gasteiger partial charge in [0.25, 0.3) is 0 Å². The average molecular weight is 680 g/mol. The molecule has 10 N–H and O–H groups in total. The van der Waals surface area contributed by atoms with Crippen LogP contribution in [-0.2, 0) is 28.5 Å². The first-order chi connectivity index (χ1) is 23.0. The number of ether oxygens (including phenoxy) is 4. The molecule has 0 aromatic rings. The summed E-state index contributed by atoms with van der Waals surface area (Å²) in [5.74, 6) is -3.43. The molecule has 4 aliphatic rings. The van der Waals surface area contributed by atoms with Crippen molar-refractivity contribution >= 4 is 17.9 Å². The van der Waals surface area contributed by atoms with E-state index in [9.17, 15) is 40.2 Å². The molecule has 4 rings (SSSR count). The Kier molecular flexibility index (Phi) is 13.3. The Morgan fingerprint density at radius 2 is 1.85 bits per heavy atom. The van der Waals surface area contributed by atoms with Gasteiger partial charge < -0.3 is 65.5 Å². The maximum absolute atomic E-state index is 13.1. The number of carbonyl (C=O) groups excluding carboxylic acids is 1. The number of esters is 1. The molecule has 0 amide bonds. The largest absolute Gasteiger partial charge is 0.477 e. The topological polar surface area (TPSA) is 247 Å². The summed E-state index contributed by atoms with van der Waals surface area (Å²) >= 11 is 0. The number of aliphatic carboxylic acids is 1. The molecule has 9 unspecified atom stereocenters. The van der Waals surface area contributed by atoms with Crippen LogP contribution in [-0.4, -0.2) is 126 Å². The lowest BCUT2D eigenvalue weighted by Gasteiger charge is -2.43. The second-order valence-electron chi connectivity index (χ2n) is 12.1. The van der Waals surface area contributed by atoms with Crippen LogP contribution in [0.15, 0.2) is 63.7 Å². The van der Waals surface area contributed by atoms with Crippen LogP contribution in [0.1, 0.15) is 32.1 Å². The Hall–Kier alpha value is -3.61. The fourth-order valence-corrected chi connectivity index (χ4v) is 6.28. The summed E-state index contributed by atoms with van der Waals surface area (Å²) in [4.78, 5) is 30.0. The lowest BCUT2D eigenvalue weighted by Crippen LogP contribution is -3.09. The molecule has 0 radical (unpaired) electrons. The highest BCUT2D eigenvalue weighted by Crippen LogP contribution is 2.39.